The van der Waals surface area contributed by atoms with Gasteiger partial charge in [-0.2, -0.15) is 5.26 Å². The number of hydrogen-bond acceptors (Lipinski definition) is 5. The molecule has 1 amide bonds. The van der Waals surface area contributed by atoms with Gasteiger partial charge in [-0.05, 0) is 36.4 Å². The Balaban J connectivity index is 1.36. The van der Waals surface area contributed by atoms with Crippen molar-refractivity contribution in [2.45, 2.75) is 6.54 Å². The summed E-state index contributed by atoms with van der Waals surface area (Å²) in [7, 11) is 1.65. The highest BCUT2D eigenvalue weighted by molar-refractivity contribution is 5.94. The molecule has 7 heteroatoms. The summed E-state index contributed by atoms with van der Waals surface area (Å²) in [5.74, 6) is 1.73. The van der Waals surface area contributed by atoms with Crippen LogP contribution in [0.4, 0.5) is 0 Å². The number of nitrogens with one attached hydrogen (secondary N) is 1. The second-order valence-electron chi connectivity index (χ2n) is 6.82. The molecule has 142 valence electrons. The van der Waals surface area contributed by atoms with Crippen molar-refractivity contribution in [1.29, 1.82) is 5.26 Å². The van der Waals surface area contributed by atoms with Gasteiger partial charge < -0.3 is 14.6 Å². The van der Waals surface area contributed by atoms with E-state index in [1.807, 2.05) is 23.1 Å². The number of H-pyrrole nitrogens is 1. The molecular formula is C21H21N5O2. The van der Waals surface area contributed by atoms with Gasteiger partial charge in [-0.1, -0.05) is 0 Å². The molecule has 0 spiro atoms. The van der Waals surface area contributed by atoms with Gasteiger partial charge in [-0.3, -0.25) is 9.69 Å². The van der Waals surface area contributed by atoms with Gasteiger partial charge in [0.15, 0.2) is 0 Å². The molecule has 0 atom stereocenters. The molecule has 2 heterocycles. The first-order valence-electron chi connectivity index (χ1n) is 9.21. The lowest BCUT2D eigenvalue weighted by atomic mass is 10.1. The first-order chi connectivity index (χ1) is 13.7. The van der Waals surface area contributed by atoms with Gasteiger partial charge in [0, 0.05) is 37.8 Å². The number of nitriles is 1. The summed E-state index contributed by atoms with van der Waals surface area (Å²) in [5, 5.41) is 8.87. The summed E-state index contributed by atoms with van der Waals surface area (Å²) >= 11 is 0. The van der Waals surface area contributed by atoms with E-state index in [1.165, 1.54) is 0 Å². The van der Waals surface area contributed by atoms with Crippen LogP contribution in [-0.2, 0) is 6.54 Å². The van der Waals surface area contributed by atoms with Crippen molar-refractivity contribution >= 4 is 16.9 Å². The van der Waals surface area contributed by atoms with Crippen LogP contribution in [0, 0.1) is 11.3 Å². The molecule has 2 aromatic carbocycles. The second-order valence-corrected chi connectivity index (χ2v) is 6.82. The predicted molar refractivity (Wildman–Crippen MR) is 105 cm³/mol. The molecule has 1 aromatic heterocycles. The largest absolute Gasteiger partial charge is 0.497 e. The fourth-order valence-corrected chi connectivity index (χ4v) is 3.43. The number of fused-ring (bicyclic) bond motifs is 1. The minimum absolute atomic E-state index is 0.0139. The van der Waals surface area contributed by atoms with Crippen LogP contribution in [-0.4, -0.2) is 59.0 Å². The number of hydrogen-bond donors (Lipinski definition) is 1. The van der Waals surface area contributed by atoms with Crippen LogP contribution >= 0.6 is 0 Å². The number of ether oxygens (including phenoxy) is 1. The van der Waals surface area contributed by atoms with Crippen LogP contribution in [0.2, 0.25) is 0 Å². The lowest BCUT2D eigenvalue weighted by Gasteiger charge is -2.34. The lowest BCUT2D eigenvalue weighted by molar-refractivity contribution is 0.0626. The first kappa shape index (κ1) is 18.0. The Kier molecular flexibility index (Phi) is 4.96. The van der Waals surface area contributed by atoms with E-state index >= 15 is 0 Å². The van der Waals surface area contributed by atoms with Gasteiger partial charge in [0.2, 0.25) is 0 Å². The van der Waals surface area contributed by atoms with E-state index in [2.05, 4.69) is 20.9 Å². The molecule has 28 heavy (non-hydrogen) atoms. The average Bonchev–Trinajstić information content (AvgIpc) is 3.15. The second kappa shape index (κ2) is 7.71. The fraction of sp³-hybridized carbons (Fsp3) is 0.286. The number of carbonyl (C=O) groups is 1. The highest BCUT2D eigenvalue weighted by Crippen LogP contribution is 2.19. The van der Waals surface area contributed by atoms with E-state index in [-0.39, 0.29) is 5.91 Å². The van der Waals surface area contributed by atoms with E-state index < -0.39 is 0 Å². The van der Waals surface area contributed by atoms with Crippen molar-refractivity contribution in [3.63, 3.8) is 0 Å². The van der Waals surface area contributed by atoms with Crippen LogP contribution in [0.1, 0.15) is 21.7 Å². The standard InChI is InChI=1S/C21H21N5O2/c1-28-17-6-7-18-19(12-17)24-20(23-18)14-25-8-10-26(11-9-25)21(27)16-4-2-15(13-22)3-5-16/h2-7,12H,8-11,14H2,1H3,(H,23,24). The van der Waals surface area contributed by atoms with E-state index in [9.17, 15) is 4.79 Å². The molecule has 1 aliphatic heterocycles. The third-order valence-electron chi connectivity index (χ3n) is 5.03. The Morgan fingerprint density at radius 1 is 1.18 bits per heavy atom. The van der Waals surface area contributed by atoms with Crippen molar-refractivity contribution in [3.05, 3.63) is 59.4 Å². The molecule has 1 N–H and O–H groups in total. The molecule has 0 bridgehead atoms. The van der Waals surface area contributed by atoms with E-state index in [1.54, 1.807) is 31.4 Å². The van der Waals surface area contributed by atoms with Crippen LogP contribution in [0.25, 0.3) is 11.0 Å². The number of rotatable bonds is 4. The zero-order valence-corrected chi connectivity index (χ0v) is 15.7. The Morgan fingerprint density at radius 2 is 1.93 bits per heavy atom. The zero-order chi connectivity index (χ0) is 19.5. The third-order valence-corrected chi connectivity index (χ3v) is 5.03. The van der Waals surface area contributed by atoms with Crippen LogP contribution < -0.4 is 4.74 Å². The quantitative estimate of drug-likeness (QED) is 0.757. The van der Waals surface area contributed by atoms with Crippen LogP contribution in [0.5, 0.6) is 5.75 Å². The monoisotopic (exact) mass is 375 g/mol. The molecule has 1 saturated heterocycles. The van der Waals surface area contributed by atoms with E-state index in [4.69, 9.17) is 10.00 Å². The summed E-state index contributed by atoms with van der Waals surface area (Å²) in [6.07, 6.45) is 0. The van der Waals surface area contributed by atoms with Crippen molar-refractivity contribution in [1.82, 2.24) is 19.8 Å². The number of benzene rings is 2. The molecule has 0 aliphatic carbocycles. The molecule has 1 fully saturated rings. The molecule has 4 rings (SSSR count). The lowest BCUT2D eigenvalue weighted by Crippen LogP contribution is -2.48. The number of piperazine rings is 1. The third kappa shape index (κ3) is 3.68. The topological polar surface area (TPSA) is 85.2 Å². The van der Waals surface area contributed by atoms with Gasteiger partial charge in [0.1, 0.15) is 11.6 Å². The Labute approximate surface area is 163 Å². The van der Waals surface area contributed by atoms with Crippen LogP contribution in [0.15, 0.2) is 42.5 Å². The predicted octanol–water partition coefficient (Wildman–Crippen LogP) is 2.40. The smallest absolute Gasteiger partial charge is 0.253 e. The molecule has 0 saturated carbocycles. The summed E-state index contributed by atoms with van der Waals surface area (Å²) in [4.78, 5) is 24.8. The van der Waals surface area contributed by atoms with Crippen molar-refractivity contribution in [2.24, 2.45) is 0 Å². The average molecular weight is 375 g/mol. The van der Waals surface area contributed by atoms with Crippen molar-refractivity contribution in [2.75, 3.05) is 33.3 Å². The Bertz CT molecular complexity index is 1030. The minimum Gasteiger partial charge on any atom is -0.497 e. The number of amides is 1. The maximum atomic E-state index is 12.6. The summed E-state index contributed by atoms with van der Waals surface area (Å²) in [6.45, 7) is 3.65. The highest BCUT2D eigenvalue weighted by atomic mass is 16.5. The SMILES string of the molecule is COc1ccc2nc(CN3CCN(C(=O)c4ccc(C#N)cc4)CC3)[nH]c2c1. The molecular weight excluding hydrogens is 354 g/mol. The van der Waals surface area contributed by atoms with Gasteiger partial charge in [-0.25, -0.2) is 4.98 Å². The number of aromatic nitrogens is 2. The minimum atomic E-state index is 0.0139. The highest BCUT2D eigenvalue weighted by Gasteiger charge is 2.22. The summed E-state index contributed by atoms with van der Waals surface area (Å²) < 4.78 is 5.25. The molecule has 3 aromatic rings. The summed E-state index contributed by atoms with van der Waals surface area (Å²) in [5.41, 5.74) is 3.07. The molecule has 0 radical (unpaired) electrons. The van der Waals surface area contributed by atoms with Crippen LogP contribution in [0.3, 0.4) is 0 Å². The Hall–Kier alpha value is -3.37. The normalized spacial score (nSPS) is 14.8. The fourth-order valence-electron chi connectivity index (χ4n) is 3.43. The maximum absolute atomic E-state index is 12.6. The zero-order valence-electron chi connectivity index (χ0n) is 15.7. The van der Waals surface area contributed by atoms with E-state index in [0.29, 0.717) is 24.2 Å². The number of carbonyl (C=O) groups excluding carboxylic acids is 1. The number of nitrogens with zero attached hydrogens (tertiary/aromatic N) is 4. The van der Waals surface area contributed by atoms with Gasteiger partial charge >= 0.3 is 0 Å². The first-order valence-corrected chi connectivity index (χ1v) is 9.21. The van der Waals surface area contributed by atoms with Crippen molar-refractivity contribution < 1.29 is 9.53 Å². The number of aromatic amines is 1. The summed E-state index contributed by atoms with van der Waals surface area (Å²) in [6, 6.07) is 14.7. The number of methoxy groups -OCH3 is 1. The molecule has 1 aliphatic rings. The van der Waals surface area contributed by atoms with Crippen molar-refractivity contribution in [3.8, 4) is 11.8 Å². The maximum Gasteiger partial charge on any atom is 0.253 e. The Morgan fingerprint density at radius 3 is 2.61 bits per heavy atom. The van der Waals surface area contributed by atoms with Gasteiger partial charge in [0.25, 0.3) is 5.91 Å². The van der Waals surface area contributed by atoms with Gasteiger partial charge in [0.05, 0.1) is 36.3 Å². The van der Waals surface area contributed by atoms with Gasteiger partial charge in [-0.15, -0.1) is 0 Å². The molecule has 0 unspecified atom stereocenters. The molecule has 7 nitrogen and oxygen atoms in total. The van der Waals surface area contributed by atoms with E-state index in [0.717, 1.165) is 42.2 Å². The number of imidazole rings is 1.